The van der Waals surface area contributed by atoms with Gasteiger partial charge in [-0.05, 0) is 56.0 Å². The summed E-state index contributed by atoms with van der Waals surface area (Å²) in [6, 6.07) is 14.0. The smallest absolute Gasteiger partial charge is 0.184 e. The summed E-state index contributed by atoms with van der Waals surface area (Å²) in [4.78, 5) is 16.2. The van der Waals surface area contributed by atoms with E-state index in [4.69, 9.17) is 9.72 Å². The van der Waals surface area contributed by atoms with Crippen LogP contribution in [0, 0.1) is 0 Å². The van der Waals surface area contributed by atoms with Crippen molar-refractivity contribution in [1.82, 2.24) is 15.0 Å². The van der Waals surface area contributed by atoms with Gasteiger partial charge < -0.3 is 20.1 Å². The van der Waals surface area contributed by atoms with E-state index in [2.05, 4.69) is 32.3 Å². The second kappa shape index (κ2) is 9.79. The van der Waals surface area contributed by atoms with Crippen LogP contribution in [0.25, 0.3) is 21.5 Å². The molecular formula is C27H29N5O2S. The number of pyridine rings is 2. The third-order valence-corrected chi connectivity index (χ3v) is 7.79. The Hall–Kier alpha value is -3.23. The van der Waals surface area contributed by atoms with Gasteiger partial charge in [-0.3, -0.25) is 4.98 Å². The fourth-order valence-corrected chi connectivity index (χ4v) is 5.86. The molecule has 1 saturated heterocycles. The number of nitrogens with one attached hydrogen (secondary N) is 1. The summed E-state index contributed by atoms with van der Waals surface area (Å²) in [6.45, 7) is 2.16. The van der Waals surface area contributed by atoms with Crippen molar-refractivity contribution in [3.05, 3.63) is 54.9 Å². The Morgan fingerprint density at radius 2 is 1.80 bits per heavy atom. The van der Waals surface area contributed by atoms with Crippen LogP contribution in [0.5, 0.6) is 11.5 Å². The van der Waals surface area contributed by atoms with Gasteiger partial charge in [0.15, 0.2) is 5.13 Å². The summed E-state index contributed by atoms with van der Waals surface area (Å²) in [5.74, 6) is 2.51. The molecule has 35 heavy (non-hydrogen) atoms. The molecule has 180 valence electrons. The van der Waals surface area contributed by atoms with Gasteiger partial charge in [-0.25, -0.2) is 9.97 Å². The number of hydrogen-bond donors (Lipinski definition) is 2. The number of rotatable bonds is 6. The second-order valence-corrected chi connectivity index (χ2v) is 10.4. The number of hydrogen-bond acceptors (Lipinski definition) is 8. The summed E-state index contributed by atoms with van der Waals surface area (Å²) in [5.41, 5.74) is 2.73. The minimum absolute atomic E-state index is 0.0779. The Labute approximate surface area is 208 Å². The van der Waals surface area contributed by atoms with Crippen molar-refractivity contribution < 1.29 is 9.84 Å². The first-order chi connectivity index (χ1) is 17.2. The number of thiazole rings is 1. The van der Waals surface area contributed by atoms with E-state index in [1.54, 1.807) is 17.5 Å². The average Bonchev–Trinajstić information content (AvgIpc) is 3.56. The Balaban J connectivity index is 1.16. The normalized spacial score (nSPS) is 20.3. The second-order valence-electron chi connectivity index (χ2n) is 9.33. The predicted octanol–water partition coefficient (Wildman–Crippen LogP) is 5.86. The van der Waals surface area contributed by atoms with E-state index in [0.717, 1.165) is 82.7 Å². The molecule has 6 rings (SSSR count). The molecule has 2 N–H and O–H groups in total. The molecule has 4 aromatic rings. The Morgan fingerprint density at radius 3 is 2.63 bits per heavy atom. The molecule has 3 aromatic heterocycles. The molecule has 7 nitrogen and oxygen atoms in total. The molecule has 8 heteroatoms. The first kappa shape index (κ1) is 22.2. The van der Waals surface area contributed by atoms with Crippen molar-refractivity contribution in [1.29, 1.82) is 0 Å². The van der Waals surface area contributed by atoms with Gasteiger partial charge in [0.05, 0.1) is 28.1 Å². The van der Waals surface area contributed by atoms with Crippen molar-refractivity contribution >= 4 is 32.5 Å². The molecular weight excluding hydrogens is 458 g/mol. The van der Waals surface area contributed by atoms with Crippen LogP contribution in [-0.4, -0.2) is 45.3 Å². The number of aromatic nitrogens is 3. The van der Waals surface area contributed by atoms with E-state index < -0.39 is 0 Å². The zero-order valence-corrected chi connectivity index (χ0v) is 20.4. The van der Waals surface area contributed by atoms with Crippen LogP contribution in [0.4, 0.5) is 10.9 Å². The monoisotopic (exact) mass is 487 g/mol. The summed E-state index contributed by atoms with van der Waals surface area (Å²) in [7, 11) is 0. The molecule has 2 atom stereocenters. The maximum absolute atomic E-state index is 10.3. The quantitative estimate of drug-likeness (QED) is 0.352. The molecule has 0 amide bonds. The third-order valence-electron chi connectivity index (χ3n) is 6.84. The highest BCUT2D eigenvalue weighted by atomic mass is 32.1. The fraction of sp³-hybridized carbons (Fsp3) is 0.370. The van der Waals surface area contributed by atoms with E-state index in [1.165, 1.54) is 12.8 Å². The summed E-state index contributed by atoms with van der Waals surface area (Å²) in [5, 5.41) is 14.5. The minimum Gasteiger partial charge on any atom is -0.457 e. The van der Waals surface area contributed by atoms with Gasteiger partial charge in [0.1, 0.15) is 17.3 Å². The van der Waals surface area contributed by atoms with Crippen molar-refractivity contribution in [2.24, 2.45) is 0 Å². The number of aliphatic hydroxyl groups excluding tert-OH is 1. The van der Waals surface area contributed by atoms with Gasteiger partial charge in [-0.2, -0.15) is 0 Å². The van der Waals surface area contributed by atoms with E-state index in [0.29, 0.717) is 0 Å². The van der Waals surface area contributed by atoms with Crippen LogP contribution >= 0.6 is 11.3 Å². The zero-order chi connectivity index (χ0) is 23.6. The molecule has 2 aliphatic rings. The van der Waals surface area contributed by atoms with Crippen LogP contribution in [0.15, 0.2) is 54.9 Å². The lowest BCUT2D eigenvalue weighted by molar-refractivity contribution is 0.116. The van der Waals surface area contributed by atoms with Crippen LogP contribution in [0.1, 0.15) is 38.5 Å². The number of benzene rings is 1. The predicted molar refractivity (Wildman–Crippen MR) is 140 cm³/mol. The van der Waals surface area contributed by atoms with Crippen LogP contribution < -0.4 is 15.0 Å². The maximum Gasteiger partial charge on any atom is 0.184 e. The van der Waals surface area contributed by atoms with Gasteiger partial charge in [-0.15, -0.1) is 0 Å². The van der Waals surface area contributed by atoms with E-state index in [1.807, 2.05) is 36.5 Å². The Kier molecular flexibility index (Phi) is 6.22. The largest absolute Gasteiger partial charge is 0.457 e. The molecule has 1 aromatic carbocycles. The molecule has 2 fully saturated rings. The molecule has 1 aliphatic heterocycles. The maximum atomic E-state index is 10.3. The first-order valence-electron chi connectivity index (χ1n) is 12.4. The topological polar surface area (TPSA) is 83.4 Å². The molecule has 4 heterocycles. The van der Waals surface area contributed by atoms with Gasteiger partial charge in [0.2, 0.25) is 0 Å². The summed E-state index contributed by atoms with van der Waals surface area (Å²) >= 11 is 1.59. The highest BCUT2D eigenvalue weighted by Gasteiger charge is 2.23. The van der Waals surface area contributed by atoms with Crippen LogP contribution in [0.2, 0.25) is 0 Å². The first-order valence-corrected chi connectivity index (χ1v) is 13.2. The molecule has 0 unspecified atom stereocenters. The fourth-order valence-electron chi connectivity index (χ4n) is 4.91. The average molecular weight is 488 g/mol. The van der Waals surface area contributed by atoms with Gasteiger partial charge in [0, 0.05) is 43.2 Å². The standard InChI is InChI=1S/C27H29N5O2S/c33-24-6-2-1-5-21(24)30-27-31-22-9-8-19(16-25(22)35-27)34-20-11-12-28-23(15-20)18-7-10-26(29-17-18)32-13-3-4-14-32/h7-12,15-17,21,24,33H,1-6,13-14H2,(H,30,31)/t21-,24-/m1/s1. The Bertz CT molecular complexity index is 1300. The molecule has 1 saturated carbocycles. The zero-order valence-electron chi connectivity index (χ0n) is 19.6. The van der Waals surface area contributed by atoms with E-state index in [9.17, 15) is 5.11 Å². The molecule has 1 aliphatic carbocycles. The van der Waals surface area contributed by atoms with Gasteiger partial charge in [-0.1, -0.05) is 24.2 Å². The summed E-state index contributed by atoms with van der Waals surface area (Å²) in [6.07, 6.45) is 9.89. The number of fused-ring (bicyclic) bond motifs is 1. The lowest BCUT2D eigenvalue weighted by Gasteiger charge is -2.27. The number of nitrogens with zero attached hydrogens (tertiary/aromatic N) is 4. The number of anilines is 2. The van der Waals surface area contributed by atoms with Crippen molar-refractivity contribution in [2.45, 2.75) is 50.7 Å². The van der Waals surface area contributed by atoms with Crippen LogP contribution in [0.3, 0.4) is 0 Å². The van der Waals surface area contributed by atoms with Crippen molar-refractivity contribution in [3.63, 3.8) is 0 Å². The summed E-state index contributed by atoms with van der Waals surface area (Å²) < 4.78 is 7.23. The highest BCUT2D eigenvalue weighted by molar-refractivity contribution is 7.22. The third kappa shape index (κ3) is 4.94. The highest BCUT2D eigenvalue weighted by Crippen LogP contribution is 2.33. The molecule has 0 spiro atoms. The van der Waals surface area contributed by atoms with Gasteiger partial charge in [0.25, 0.3) is 0 Å². The van der Waals surface area contributed by atoms with Crippen molar-refractivity contribution in [3.8, 4) is 22.8 Å². The van der Waals surface area contributed by atoms with E-state index in [-0.39, 0.29) is 12.1 Å². The lowest BCUT2D eigenvalue weighted by Crippen LogP contribution is -2.36. The SMILES string of the molecule is O[C@@H]1CCCC[C@H]1Nc1nc2ccc(Oc3ccnc(-c4ccc(N5CCCC5)nc4)c3)cc2s1. The van der Waals surface area contributed by atoms with Gasteiger partial charge >= 0.3 is 0 Å². The lowest BCUT2D eigenvalue weighted by atomic mass is 9.93. The molecule has 0 radical (unpaired) electrons. The van der Waals surface area contributed by atoms with E-state index >= 15 is 0 Å². The Morgan fingerprint density at radius 1 is 0.943 bits per heavy atom. The van der Waals surface area contributed by atoms with Crippen molar-refractivity contribution in [2.75, 3.05) is 23.3 Å². The minimum atomic E-state index is -0.304. The number of ether oxygens (including phenoxy) is 1. The number of aliphatic hydroxyl groups is 1. The molecule has 0 bridgehead atoms. The van der Waals surface area contributed by atoms with Crippen LogP contribution in [-0.2, 0) is 0 Å².